The van der Waals surface area contributed by atoms with Gasteiger partial charge in [-0.3, -0.25) is 10.2 Å². The summed E-state index contributed by atoms with van der Waals surface area (Å²) in [5.74, 6) is -1.37. The lowest BCUT2D eigenvalue weighted by Crippen LogP contribution is -2.17. The number of anilines is 1. The van der Waals surface area contributed by atoms with Gasteiger partial charge in [0.15, 0.2) is 9.84 Å². The first kappa shape index (κ1) is 20.8. The lowest BCUT2D eigenvalue weighted by Gasteiger charge is -2.10. The van der Waals surface area contributed by atoms with Gasteiger partial charge in [0.05, 0.1) is 17.2 Å². The Kier molecular flexibility index (Phi) is 6.48. The summed E-state index contributed by atoms with van der Waals surface area (Å²) in [6.07, 6.45) is 0. The van der Waals surface area contributed by atoms with Gasteiger partial charge in [0.1, 0.15) is 21.5 Å². The van der Waals surface area contributed by atoms with Crippen molar-refractivity contribution in [2.24, 2.45) is 5.10 Å². The van der Waals surface area contributed by atoms with Crippen LogP contribution in [-0.2, 0) is 14.6 Å². The Labute approximate surface area is 164 Å². The number of nitriles is 1. The summed E-state index contributed by atoms with van der Waals surface area (Å²) in [6, 6.07) is 4.87. The van der Waals surface area contributed by atoms with E-state index in [4.69, 9.17) is 0 Å². The molecule has 8 nitrogen and oxygen atoms in total. The van der Waals surface area contributed by atoms with Crippen molar-refractivity contribution in [1.82, 2.24) is 0 Å². The summed E-state index contributed by atoms with van der Waals surface area (Å²) < 4.78 is 29.8. The van der Waals surface area contributed by atoms with E-state index < -0.39 is 32.6 Å². The monoisotopic (exact) mass is 425 g/mol. The highest BCUT2D eigenvalue weighted by Gasteiger charge is 2.29. The number of nitrogens with one attached hydrogen (secondary N) is 1. The van der Waals surface area contributed by atoms with E-state index in [9.17, 15) is 23.3 Å². The molecule has 0 saturated carbocycles. The molecular formula is C16H15N3O5S3. The molecule has 0 amide bonds. The van der Waals surface area contributed by atoms with Crippen molar-refractivity contribution in [1.29, 1.82) is 5.26 Å². The van der Waals surface area contributed by atoms with Gasteiger partial charge in [-0.25, -0.2) is 13.2 Å². The van der Waals surface area contributed by atoms with E-state index >= 15 is 0 Å². The fourth-order valence-electron chi connectivity index (χ4n) is 1.92. The van der Waals surface area contributed by atoms with Crippen LogP contribution in [0.5, 0.6) is 0 Å². The molecule has 2 heterocycles. The van der Waals surface area contributed by atoms with E-state index in [1.807, 2.05) is 0 Å². The summed E-state index contributed by atoms with van der Waals surface area (Å²) in [5.41, 5.74) is 1.83. The number of nitrogens with zero attached hydrogens (tertiary/aromatic N) is 2. The summed E-state index contributed by atoms with van der Waals surface area (Å²) in [7, 11) is -2.58. The number of hydrogen-bond acceptors (Lipinski definition) is 10. The second-order valence-electron chi connectivity index (χ2n) is 5.38. The van der Waals surface area contributed by atoms with E-state index in [1.54, 1.807) is 23.6 Å². The van der Waals surface area contributed by atoms with Crippen LogP contribution in [0.1, 0.15) is 33.2 Å². The first-order valence-electron chi connectivity index (χ1n) is 7.49. The molecular weight excluding hydrogens is 410 g/mol. The van der Waals surface area contributed by atoms with E-state index in [0.717, 1.165) is 29.8 Å². The molecule has 0 atom stereocenters. The lowest BCUT2D eigenvalue weighted by molar-refractivity contribution is 0.0607. The van der Waals surface area contributed by atoms with Crippen molar-refractivity contribution in [2.45, 2.75) is 24.0 Å². The highest BCUT2D eigenvalue weighted by molar-refractivity contribution is 7.92. The number of esters is 1. The summed E-state index contributed by atoms with van der Waals surface area (Å²) in [4.78, 5) is 24.4. The Morgan fingerprint density at radius 3 is 2.56 bits per heavy atom. The zero-order valence-electron chi connectivity index (χ0n) is 14.5. The Morgan fingerprint density at radius 1 is 1.33 bits per heavy atom. The molecule has 142 valence electrons. The third kappa shape index (κ3) is 4.24. The largest absolute Gasteiger partial charge is 0.465 e. The van der Waals surface area contributed by atoms with Crippen molar-refractivity contribution in [3.63, 3.8) is 0 Å². The maximum Gasteiger partial charge on any atom is 0.350 e. The molecule has 0 fully saturated rings. The quantitative estimate of drug-likeness (QED) is 0.313. The van der Waals surface area contributed by atoms with E-state index in [-0.39, 0.29) is 15.5 Å². The van der Waals surface area contributed by atoms with Gasteiger partial charge in [0.25, 0.3) is 0 Å². The highest BCUT2D eigenvalue weighted by atomic mass is 32.2. The normalized spacial score (nSPS) is 11.9. The van der Waals surface area contributed by atoms with Gasteiger partial charge in [-0.2, -0.15) is 10.4 Å². The Bertz CT molecular complexity index is 1030. The van der Waals surface area contributed by atoms with Crippen LogP contribution in [0.4, 0.5) is 5.69 Å². The molecule has 2 aromatic rings. The average molecular weight is 426 g/mol. The van der Waals surface area contributed by atoms with Crippen LogP contribution in [0.2, 0.25) is 0 Å². The predicted molar refractivity (Wildman–Crippen MR) is 103 cm³/mol. The van der Waals surface area contributed by atoms with Crippen molar-refractivity contribution in [2.75, 3.05) is 12.5 Å². The molecule has 0 bridgehead atoms. The summed E-state index contributed by atoms with van der Waals surface area (Å²) in [5, 5.41) is 15.2. The number of ketones is 1. The van der Waals surface area contributed by atoms with Crippen LogP contribution < -0.4 is 5.43 Å². The van der Waals surface area contributed by atoms with Crippen LogP contribution in [0.25, 0.3) is 0 Å². The Hall–Kier alpha value is -2.55. The van der Waals surface area contributed by atoms with Crippen molar-refractivity contribution in [3.05, 3.63) is 32.6 Å². The van der Waals surface area contributed by atoms with Gasteiger partial charge in [-0.05, 0) is 25.3 Å². The zero-order chi connectivity index (χ0) is 20.2. The predicted octanol–water partition coefficient (Wildman–Crippen LogP) is 2.95. The maximum absolute atomic E-state index is 12.5. The fraction of sp³-hybridized carbons (Fsp3) is 0.250. The molecule has 0 unspecified atom stereocenters. The lowest BCUT2D eigenvalue weighted by atomic mass is 10.2. The zero-order valence-corrected chi connectivity index (χ0v) is 17.0. The molecule has 0 aliphatic rings. The molecule has 0 aromatic carbocycles. The second kappa shape index (κ2) is 8.43. The minimum Gasteiger partial charge on any atom is -0.465 e. The third-order valence-electron chi connectivity index (χ3n) is 3.40. The molecule has 2 aromatic heterocycles. The molecule has 0 spiro atoms. The van der Waals surface area contributed by atoms with Crippen LogP contribution in [0.3, 0.4) is 0 Å². The van der Waals surface area contributed by atoms with Crippen LogP contribution in [-0.4, -0.2) is 38.2 Å². The molecule has 0 aliphatic heterocycles. The number of rotatable bonds is 7. The molecule has 2 rings (SSSR count). The number of carbonyl (C=O) groups is 2. The van der Waals surface area contributed by atoms with Gasteiger partial charge in [0, 0.05) is 5.38 Å². The number of thiophene rings is 2. The van der Waals surface area contributed by atoms with Crippen LogP contribution in [0, 0.1) is 11.3 Å². The first-order chi connectivity index (χ1) is 12.7. The smallest absolute Gasteiger partial charge is 0.350 e. The number of hydrogen-bond donors (Lipinski definition) is 1. The van der Waals surface area contributed by atoms with Crippen molar-refractivity contribution < 1.29 is 22.7 Å². The van der Waals surface area contributed by atoms with Gasteiger partial charge in [-0.15, -0.1) is 22.7 Å². The Balaban J connectivity index is 2.50. The fourth-order valence-corrected chi connectivity index (χ4v) is 5.06. The minimum atomic E-state index is -3.74. The van der Waals surface area contributed by atoms with Gasteiger partial charge < -0.3 is 4.74 Å². The topological polar surface area (TPSA) is 126 Å². The minimum absolute atomic E-state index is 0.0265. The van der Waals surface area contributed by atoms with Crippen molar-refractivity contribution >= 4 is 55.7 Å². The van der Waals surface area contributed by atoms with Gasteiger partial charge >= 0.3 is 5.97 Å². The number of ether oxygens (including phenoxy) is 1. The molecule has 1 N–H and O–H groups in total. The SMILES string of the molecule is COC(=O)c1scc(S(=O)(=O)C(C)C)c1NN=C(C#N)C(=O)c1cccs1. The highest BCUT2D eigenvalue weighted by Crippen LogP contribution is 2.34. The number of Topliss-reactive ketones (excluding diaryl/α,β-unsaturated/α-hetero) is 1. The van der Waals surface area contributed by atoms with E-state index in [0.29, 0.717) is 4.88 Å². The van der Waals surface area contributed by atoms with Gasteiger partial charge in [0.2, 0.25) is 11.5 Å². The number of carbonyl (C=O) groups excluding carboxylic acids is 2. The molecule has 0 aliphatic carbocycles. The first-order valence-corrected chi connectivity index (χ1v) is 10.8. The van der Waals surface area contributed by atoms with Crippen LogP contribution in [0.15, 0.2) is 32.9 Å². The number of sulfone groups is 1. The summed E-state index contributed by atoms with van der Waals surface area (Å²) in [6.45, 7) is 3.00. The number of methoxy groups -OCH3 is 1. The standard InChI is InChI=1S/C16H15N3O5S3/c1-9(2)27(22,23)12-8-26-15(16(21)24-3)13(12)19-18-10(7-17)14(20)11-5-4-6-25-11/h4-6,8-9,19H,1-3H3. The summed E-state index contributed by atoms with van der Waals surface area (Å²) >= 11 is 2.01. The molecule has 27 heavy (non-hydrogen) atoms. The van der Waals surface area contributed by atoms with Gasteiger partial charge in [-0.1, -0.05) is 6.07 Å². The molecule has 11 heteroatoms. The van der Waals surface area contributed by atoms with E-state index in [1.165, 1.54) is 19.2 Å². The molecule has 0 saturated heterocycles. The van der Waals surface area contributed by atoms with Crippen molar-refractivity contribution in [3.8, 4) is 6.07 Å². The maximum atomic E-state index is 12.5. The Morgan fingerprint density at radius 2 is 2.04 bits per heavy atom. The van der Waals surface area contributed by atoms with E-state index in [2.05, 4.69) is 15.3 Å². The second-order valence-corrected chi connectivity index (χ2v) is 9.68. The number of hydrazone groups is 1. The van der Waals surface area contributed by atoms with Crippen LogP contribution >= 0.6 is 22.7 Å². The molecule has 0 radical (unpaired) electrons. The average Bonchev–Trinajstić information content (AvgIpc) is 3.31. The third-order valence-corrected chi connectivity index (χ3v) is 7.55.